The van der Waals surface area contributed by atoms with Crippen molar-refractivity contribution in [3.05, 3.63) is 11.6 Å². The molecule has 0 bridgehead atoms. The first kappa shape index (κ1) is 7.14. The fourth-order valence-electron chi connectivity index (χ4n) is 0.155. The third-order valence-corrected chi connectivity index (χ3v) is 0.872. The molecule has 8 heavy (non-hydrogen) atoms. The number of rotatable bonds is 1. The van der Waals surface area contributed by atoms with E-state index in [4.69, 9.17) is 10.5 Å². The van der Waals surface area contributed by atoms with Crippen molar-refractivity contribution in [1.29, 1.82) is 5.41 Å². The monoisotopic (exact) mass is 117 g/mol. The molecule has 0 aliphatic heterocycles. The van der Waals surface area contributed by atoms with Gasteiger partial charge in [-0.3, -0.25) is 0 Å². The van der Waals surface area contributed by atoms with E-state index >= 15 is 0 Å². The third kappa shape index (κ3) is 1.73. The second-order valence-corrected chi connectivity index (χ2v) is 1.54. The van der Waals surface area contributed by atoms with Crippen molar-refractivity contribution in [3.63, 3.8) is 0 Å². The highest BCUT2D eigenvalue weighted by Gasteiger charge is 1.98. The lowest BCUT2D eigenvalue weighted by atomic mass is 10.2. The van der Waals surface area contributed by atoms with Crippen molar-refractivity contribution in [2.45, 2.75) is 13.8 Å². The lowest BCUT2D eigenvalue weighted by Gasteiger charge is -1.92. The maximum atomic E-state index is 11.6. The van der Waals surface area contributed by atoms with Crippen LogP contribution in [0.25, 0.3) is 0 Å². The van der Waals surface area contributed by atoms with E-state index in [1.165, 1.54) is 13.8 Å². The van der Waals surface area contributed by atoms with Crippen molar-refractivity contribution in [3.8, 4) is 0 Å². The van der Waals surface area contributed by atoms with Crippen LogP contribution in [0.3, 0.4) is 0 Å². The predicted octanol–water partition coefficient (Wildman–Crippen LogP) is 1.79. The van der Waals surface area contributed by atoms with Crippen LogP contribution < -0.4 is 0 Å². The molecule has 46 valence electrons. The lowest BCUT2D eigenvalue weighted by Crippen LogP contribution is -1.92. The number of hydrogen-bond acceptors (Lipinski definition) is 2. The van der Waals surface area contributed by atoms with Crippen LogP contribution in [0.5, 0.6) is 0 Å². The molecule has 0 spiro atoms. The Kier molecular flexibility index (Phi) is 2.19. The fraction of sp³-hybridized carbons (Fsp3) is 0.400. The summed E-state index contributed by atoms with van der Waals surface area (Å²) < 4.78 is 11.6. The van der Waals surface area contributed by atoms with Gasteiger partial charge in [0.2, 0.25) is 0 Å². The van der Waals surface area contributed by atoms with Gasteiger partial charge in [-0.25, -0.2) is 0 Å². The summed E-state index contributed by atoms with van der Waals surface area (Å²) in [5.41, 5.74) is 0.0370. The Morgan fingerprint density at radius 1 is 1.50 bits per heavy atom. The summed E-state index contributed by atoms with van der Waals surface area (Å²) in [6, 6.07) is -1.27. The molecule has 0 aliphatic carbocycles. The van der Waals surface area contributed by atoms with Crippen LogP contribution in [0.1, 0.15) is 13.8 Å². The molecule has 0 aromatic rings. The highest BCUT2D eigenvalue weighted by Crippen LogP contribution is 2.01. The average Bonchev–Trinajstić information content (AvgIpc) is 1.64. The largest absolute Gasteiger partial charge is 0.486 e. The number of halogens is 1. The Labute approximate surface area is 47.2 Å². The van der Waals surface area contributed by atoms with Crippen LogP contribution in [-0.2, 0) is 0 Å². The molecular formula is C5H8FNO. The summed E-state index contributed by atoms with van der Waals surface area (Å²) in [5, 5.41) is 14.8. The molecule has 0 saturated heterocycles. The molecule has 3 heteroatoms. The van der Waals surface area contributed by atoms with Gasteiger partial charge in [0.15, 0.2) is 0 Å². The zero-order valence-electron chi connectivity index (χ0n) is 4.83. The summed E-state index contributed by atoms with van der Waals surface area (Å²) >= 11 is 0. The van der Waals surface area contributed by atoms with Crippen LogP contribution in [-0.4, -0.2) is 10.8 Å². The van der Waals surface area contributed by atoms with E-state index in [2.05, 4.69) is 0 Å². The molecule has 0 aliphatic rings. The summed E-state index contributed by atoms with van der Waals surface area (Å²) in [5.74, 6) is 0. The number of hydrogen-bond donors (Lipinski definition) is 2. The van der Waals surface area contributed by atoms with Crippen LogP contribution >= 0.6 is 0 Å². The molecule has 0 radical (unpaired) electrons. The van der Waals surface area contributed by atoms with Crippen molar-refractivity contribution < 1.29 is 9.50 Å². The van der Waals surface area contributed by atoms with E-state index in [-0.39, 0.29) is 11.3 Å². The topological polar surface area (TPSA) is 44.1 Å². The first-order valence-electron chi connectivity index (χ1n) is 2.16. The second-order valence-electron chi connectivity index (χ2n) is 1.54. The summed E-state index contributed by atoms with van der Waals surface area (Å²) in [6.45, 7) is 2.75. The lowest BCUT2D eigenvalue weighted by molar-refractivity contribution is 0.279. The molecular weight excluding hydrogens is 109 g/mol. The van der Waals surface area contributed by atoms with Crippen molar-refractivity contribution in [1.82, 2.24) is 0 Å². The minimum atomic E-state index is -1.27. The Morgan fingerprint density at radius 3 is 1.88 bits per heavy atom. The first-order valence-corrected chi connectivity index (χ1v) is 2.16. The average molecular weight is 117 g/mol. The van der Waals surface area contributed by atoms with Gasteiger partial charge in [-0.1, -0.05) is 0 Å². The van der Waals surface area contributed by atoms with E-state index in [1.54, 1.807) is 0 Å². The SMILES string of the molecule is CC(=N)/C(C)=C(\O)F. The Bertz CT molecular complexity index is 135. The highest BCUT2D eigenvalue weighted by molar-refractivity contribution is 5.95. The smallest absolute Gasteiger partial charge is 0.275 e. The summed E-state index contributed by atoms with van der Waals surface area (Å²) in [4.78, 5) is 0. The maximum Gasteiger partial charge on any atom is 0.275 e. The van der Waals surface area contributed by atoms with Gasteiger partial charge in [0.05, 0.1) is 0 Å². The van der Waals surface area contributed by atoms with Gasteiger partial charge in [0.1, 0.15) is 0 Å². The second kappa shape index (κ2) is 2.45. The number of aliphatic hydroxyl groups is 1. The molecule has 0 fully saturated rings. The molecule has 0 aromatic heterocycles. The van der Waals surface area contributed by atoms with Gasteiger partial charge >= 0.3 is 0 Å². The van der Waals surface area contributed by atoms with E-state index in [0.29, 0.717) is 0 Å². The number of allylic oxidation sites excluding steroid dienone is 1. The van der Waals surface area contributed by atoms with Crippen LogP contribution in [0.4, 0.5) is 4.39 Å². The molecule has 0 unspecified atom stereocenters. The van der Waals surface area contributed by atoms with E-state index in [0.717, 1.165) is 0 Å². The van der Waals surface area contributed by atoms with Crippen molar-refractivity contribution in [2.75, 3.05) is 0 Å². The zero-order chi connectivity index (χ0) is 6.73. The van der Waals surface area contributed by atoms with E-state index in [1.807, 2.05) is 0 Å². The van der Waals surface area contributed by atoms with E-state index in [9.17, 15) is 4.39 Å². The minimum Gasteiger partial charge on any atom is -0.486 e. The molecule has 0 amide bonds. The van der Waals surface area contributed by atoms with Gasteiger partial charge in [-0.15, -0.1) is 0 Å². The van der Waals surface area contributed by atoms with Crippen LogP contribution in [0.15, 0.2) is 11.6 Å². The van der Waals surface area contributed by atoms with Gasteiger partial charge in [0, 0.05) is 11.3 Å². The summed E-state index contributed by atoms with van der Waals surface area (Å²) in [7, 11) is 0. The standard InChI is InChI=1S/C5H8FNO/c1-3(4(2)7)5(6)8/h7-8H,1-2H3/b5-3-,7-4?. The van der Waals surface area contributed by atoms with Gasteiger partial charge < -0.3 is 10.5 Å². The molecule has 0 atom stereocenters. The maximum absolute atomic E-state index is 11.6. The highest BCUT2D eigenvalue weighted by atomic mass is 19.1. The molecule has 2 nitrogen and oxygen atoms in total. The Morgan fingerprint density at radius 2 is 1.88 bits per heavy atom. The predicted molar refractivity (Wildman–Crippen MR) is 29.8 cm³/mol. The Balaban J connectivity index is 4.23. The molecule has 2 N–H and O–H groups in total. The van der Waals surface area contributed by atoms with Gasteiger partial charge in [0.25, 0.3) is 6.01 Å². The first-order chi connectivity index (χ1) is 3.55. The van der Waals surface area contributed by atoms with Crippen molar-refractivity contribution >= 4 is 5.71 Å². The van der Waals surface area contributed by atoms with Crippen LogP contribution in [0.2, 0.25) is 0 Å². The van der Waals surface area contributed by atoms with Crippen molar-refractivity contribution in [2.24, 2.45) is 0 Å². The normalized spacial score (nSPS) is 12.9. The van der Waals surface area contributed by atoms with Crippen LogP contribution in [0, 0.1) is 5.41 Å². The number of aliphatic hydroxyl groups excluding tert-OH is 1. The van der Waals surface area contributed by atoms with Gasteiger partial charge in [-0.05, 0) is 13.8 Å². The molecule has 0 heterocycles. The number of nitrogens with one attached hydrogen (secondary N) is 1. The zero-order valence-corrected chi connectivity index (χ0v) is 4.83. The molecule has 0 aromatic carbocycles. The minimum absolute atomic E-state index is 0.00926. The fourth-order valence-corrected chi connectivity index (χ4v) is 0.155. The quantitative estimate of drug-likeness (QED) is 0.399. The molecule has 0 saturated carbocycles. The van der Waals surface area contributed by atoms with Gasteiger partial charge in [-0.2, -0.15) is 4.39 Å². The van der Waals surface area contributed by atoms with E-state index < -0.39 is 6.01 Å². The molecule has 0 rings (SSSR count). The summed E-state index contributed by atoms with van der Waals surface area (Å²) in [6.07, 6.45) is 0. The Hall–Kier alpha value is -0.860. The third-order valence-electron chi connectivity index (χ3n) is 0.872.